The van der Waals surface area contributed by atoms with Crippen molar-refractivity contribution >= 4 is 39.8 Å². The van der Waals surface area contributed by atoms with Gasteiger partial charge in [0.2, 0.25) is 5.91 Å². The first-order chi connectivity index (χ1) is 12.1. The lowest BCUT2D eigenvalue weighted by molar-refractivity contribution is -0.115. The summed E-state index contributed by atoms with van der Waals surface area (Å²) in [5.41, 5.74) is 2.25. The Morgan fingerprint density at radius 3 is 2.68 bits per heavy atom. The van der Waals surface area contributed by atoms with E-state index in [-0.39, 0.29) is 11.9 Å². The first kappa shape index (κ1) is 18.0. The molecule has 1 aliphatic carbocycles. The fourth-order valence-electron chi connectivity index (χ4n) is 3.02. The lowest BCUT2D eigenvalue weighted by Crippen LogP contribution is -2.19. The van der Waals surface area contributed by atoms with Crippen LogP contribution in [0.4, 0.5) is 5.00 Å². The molecule has 2 aromatic rings. The Kier molecular flexibility index (Phi) is 5.76. The Morgan fingerprint density at radius 2 is 1.96 bits per heavy atom. The predicted octanol–water partition coefficient (Wildman–Crippen LogP) is 4.72. The molecular weight excluding hydrogens is 358 g/mol. The highest BCUT2D eigenvalue weighted by atomic mass is 35.5. The average molecular weight is 378 g/mol. The zero-order valence-corrected chi connectivity index (χ0v) is 15.6. The highest BCUT2D eigenvalue weighted by molar-refractivity contribution is 7.17. The number of aryl methyl sites for hydroxylation is 1. The highest BCUT2D eigenvalue weighted by Gasteiger charge is 2.28. The van der Waals surface area contributed by atoms with Crippen molar-refractivity contribution in [1.29, 1.82) is 0 Å². The number of hydrogen-bond donors (Lipinski definition) is 1. The minimum atomic E-state index is -0.810. The van der Waals surface area contributed by atoms with Gasteiger partial charge in [0.25, 0.3) is 0 Å². The zero-order chi connectivity index (χ0) is 17.8. The molecule has 0 bridgehead atoms. The van der Waals surface area contributed by atoms with Crippen LogP contribution in [0.15, 0.2) is 30.3 Å². The number of carbonyl (C=O) groups excluding carboxylic acids is 2. The third-order valence-electron chi connectivity index (χ3n) is 4.21. The first-order valence-corrected chi connectivity index (χ1v) is 9.68. The monoisotopic (exact) mass is 377 g/mol. The minimum Gasteiger partial charge on any atom is -0.462 e. The maximum Gasteiger partial charge on any atom is 0.341 e. The Balaban J connectivity index is 1.87. The Bertz CT molecular complexity index is 772. The number of nitrogens with one attached hydrogen (secondary N) is 1. The quantitative estimate of drug-likeness (QED) is 0.605. The lowest BCUT2D eigenvalue weighted by Gasteiger charge is -2.13. The topological polar surface area (TPSA) is 55.4 Å². The smallest absolute Gasteiger partial charge is 0.341 e. The fourth-order valence-corrected chi connectivity index (χ4v) is 4.50. The van der Waals surface area contributed by atoms with E-state index in [1.807, 2.05) is 30.3 Å². The summed E-state index contributed by atoms with van der Waals surface area (Å²) in [7, 11) is 0. The van der Waals surface area contributed by atoms with Crippen LogP contribution in [-0.2, 0) is 22.4 Å². The Morgan fingerprint density at radius 1 is 1.24 bits per heavy atom. The number of alkyl halides is 1. The van der Waals surface area contributed by atoms with E-state index in [9.17, 15) is 9.59 Å². The molecule has 3 rings (SSSR count). The van der Waals surface area contributed by atoms with Crippen LogP contribution in [0.1, 0.15) is 51.5 Å². The molecule has 1 aromatic heterocycles. The molecule has 1 heterocycles. The molecule has 6 heteroatoms. The van der Waals surface area contributed by atoms with Crippen LogP contribution in [0.25, 0.3) is 0 Å². The van der Waals surface area contributed by atoms with E-state index in [4.69, 9.17) is 16.3 Å². The molecule has 1 aromatic carbocycles. The van der Waals surface area contributed by atoms with Crippen LogP contribution in [0.2, 0.25) is 0 Å². The van der Waals surface area contributed by atoms with Crippen molar-refractivity contribution in [3.05, 3.63) is 51.9 Å². The molecule has 132 valence electrons. The maximum atomic E-state index is 12.6. The van der Waals surface area contributed by atoms with Gasteiger partial charge in [0, 0.05) is 4.88 Å². The van der Waals surface area contributed by atoms with Crippen molar-refractivity contribution in [2.24, 2.45) is 0 Å². The maximum absolute atomic E-state index is 12.6. The number of carbonyl (C=O) groups is 2. The van der Waals surface area contributed by atoms with Crippen molar-refractivity contribution in [3.63, 3.8) is 0 Å². The summed E-state index contributed by atoms with van der Waals surface area (Å²) in [5.74, 6) is -0.708. The van der Waals surface area contributed by atoms with E-state index < -0.39 is 5.38 Å². The molecule has 1 atom stereocenters. The zero-order valence-electron chi connectivity index (χ0n) is 14.0. The van der Waals surface area contributed by atoms with E-state index >= 15 is 0 Å². The van der Waals surface area contributed by atoms with E-state index in [2.05, 4.69) is 5.32 Å². The second-order valence-electron chi connectivity index (χ2n) is 5.90. The summed E-state index contributed by atoms with van der Waals surface area (Å²) >= 11 is 7.77. The number of esters is 1. The van der Waals surface area contributed by atoms with Crippen LogP contribution >= 0.6 is 22.9 Å². The summed E-state index contributed by atoms with van der Waals surface area (Å²) in [6, 6.07) is 9.17. The number of rotatable bonds is 5. The number of anilines is 1. The molecule has 0 spiro atoms. The van der Waals surface area contributed by atoms with Gasteiger partial charge >= 0.3 is 5.97 Å². The van der Waals surface area contributed by atoms with Gasteiger partial charge < -0.3 is 10.1 Å². The molecule has 0 saturated heterocycles. The van der Waals surface area contributed by atoms with Gasteiger partial charge in [-0.15, -0.1) is 22.9 Å². The third-order valence-corrected chi connectivity index (χ3v) is 5.87. The van der Waals surface area contributed by atoms with Crippen LogP contribution in [0, 0.1) is 0 Å². The molecule has 1 N–H and O–H groups in total. The van der Waals surface area contributed by atoms with Crippen molar-refractivity contribution in [2.45, 2.75) is 38.0 Å². The van der Waals surface area contributed by atoms with Gasteiger partial charge in [-0.1, -0.05) is 30.3 Å². The molecule has 0 aliphatic heterocycles. The summed E-state index contributed by atoms with van der Waals surface area (Å²) in [6.07, 6.45) is 3.93. The number of hydrogen-bond acceptors (Lipinski definition) is 4. The standard InChI is InChI=1S/C19H20ClNO3S/c1-2-24-19(23)15-13-10-6-7-11-14(13)25-18(15)21-17(22)16(20)12-8-4-3-5-9-12/h3-5,8-9,16H,2,6-7,10-11H2,1H3,(H,21,22)/t16-/m0/s1. The Labute approximate surface area is 156 Å². The largest absolute Gasteiger partial charge is 0.462 e. The van der Waals surface area contributed by atoms with Crippen LogP contribution in [-0.4, -0.2) is 18.5 Å². The summed E-state index contributed by atoms with van der Waals surface area (Å²) < 4.78 is 5.20. The van der Waals surface area contributed by atoms with Crippen molar-refractivity contribution in [2.75, 3.05) is 11.9 Å². The van der Waals surface area contributed by atoms with E-state index in [0.717, 1.165) is 41.7 Å². The highest BCUT2D eigenvalue weighted by Crippen LogP contribution is 2.39. The molecular formula is C19H20ClNO3S. The first-order valence-electron chi connectivity index (χ1n) is 8.43. The molecule has 4 nitrogen and oxygen atoms in total. The van der Waals surface area contributed by atoms with Gasteiger partial charge in [0.15, 0.2) is 0 Å². The number of amides is 1. The SMILES string of the molecule is CCOC(=O)c1c(NC(=O)[C@@H](Cl)c2ccccc2)sc2c1CCCC2. The average Bonchev–Trinajstić information content (AvgIpc) is 2.99. The molecule has 0 radical (unpaired) electrons. The molecule has 25 heavy (non-hydrogen) atoms. The fraction of sp³-hybridized carbons (Fsp3) is 0.368. The third kappa shape index (κ3) is 3.88. The van der Waals surface area contributed by atoms with Crippen LogP contribution in [0.5, 0.6) is 0 Å². The summed E-state index contributed by atoms with van der Waals surface area (Å²) in [4.78, 5) is 26.2. The van der Waals surface area contributed by atoms with Gasteiger partial charge in [-0.25, -0.2) is 4.79 Å². The summed E-state index contributed by atoms with van der Waals surface area (Å²) in [6.45, 7) is 2.08. The van der Waals surface area contributed by atoms with Gasteiger partial charge in [-0.2, -0.15) is 0 Å². The number of benzene rings is 1. The molecule has 0 saturated carbocycles. The van der Waals surface area contributed by atoms with Gasteiger partial charge in [-0.3, -0.25) is 4.79 Å². The van der Waals surface area contributed by atoms with Gasteiger partial charge in [-0.05, 0) is 43.7 Å². The van der Waals surface area contributed by atoms with Crippen molar-refractivity contribution in [1.82, 2.24) is 0 Å². The number of halogens is 1. The summed E-state index contributed by atoms with van der Waals surface area (Å²) in [5, 5.41) is 2.59. The van der Waals surface area contributed by atoms with Crippen LogP contribution < -0.4 is 5.32 Å². The molecule has 0 unspecified atom stereocenters. The van der Waals surface area contributed by atoms with Crippen molar-refractivity contribution in [3.8, 4) is 0 Å². The normalized spacial score (nSPS) is 14.5. The Hall–Kier alpha value is -1.85. The number of thiophene rings is 1. The van der Waals surface area contributed by atoms with Crippen molar-refractivity contribution < 1.29 is 14.3 Å². The molecule has 1 aliphatic rings. The second kappa shape index (κ2) is 8.02. The van der Waals surface area contributed by atoms with E-state index in [0.29, 0.717) is 17.2 Å². The second-order valence-corrected chi connectivity index (χ2v) is 7.44. The van der Waals surface area contributed by atoms with Gasteiger partial charge in [0.05, 0.1) is 12.2 Å². The predicted molar refractivity (Wildman–Crippen MR) is 101 cm³/mol. The van der Waals surface area contributed by atoms with Crippen LogP contribution in [0.3, 0.4) is 0 Å². The molecule has 0 fully saturated rings. The van der Waals surface area contributed by atoms with E-state index in [1.54, 1.807) is 6.92 Å². The minimum absolute atomic E-state index is 0.305. The number of ether oxygens (including phenoxy) is 1. The number of fused-ring (bicyclic) bond motifs is 1. The van der Waals surface area contributed by atoms with Gasteiger partial charge in [0.1, 0.15) is 10.4 Å². The lowest BCUT2D eigenvalue weighted by atomic mass is 9.95. The molecule has 1 amide bonds. The van der Waals surface area contributed by atoms with E-state index in [1.165, 1.54) is 11.3 Å².